The predicted octanol–water partition coefficient (Wildman–Crippen LogP) is 5.09. The van der Waals surface area contributed by atoms with Gasteiger partial charge in [-0.1, -0.05) is 31.7 Å². The number of aliphatic hydroxyl groups excluding tert-OH is 1. The van der Waals surface area contributed by atoms with Gasteiger partial charge in [0.2, 0.25) is 11.8 Å². The van der Waals surface area contributed by atoms with Crippen molar-refractivity contribution in [3.63, 3.8) is 0 Å². The average Bonchev–Trinajstić information content (AvgIpc) is 3.42. The summed E-state index contributed by atoms with van der Waals surface area (Å²) in [6, 6.07) is 10.1. The number of nitrogens with zero attached hydrogens (tertiary/aromatic N) is 5. The molecule has 1 unspecified atom stereocenters. The van der Waals surface area contributed by atoms with Crippen molar-refractivity contribution in [2.45, 2.75) is 45.1 Å². The number of aromatic nitrogens is 3. The third-order valence-corrected chi connectivity index (χ3v) is 8.13. The molecule has 9 nitrogen and oxygen atoms in total. The predicted molar refractivity (Wildman–Crippen MR) is 154 cm³/mol. The second-order valence-corrected chi connectivity index (χ2v) is 11.0. The van der Waals surface area contributed by atoms with Gasteiger partial charge in [0, 0.05) is 56.5 Å². The molecule has 2 fully saturated rings. The maximum absolute atomic E-state index is 9.10. The van der Waals surface area contributed by atoms with Crippen molar-refractivity contribution in [2.75, 3.05) is 60.2 Å². The molecule has 0 spiro atoms. The lowest BCUT2D eigenvalue weighted by molar-refractivity contribution is 0.0788. The highest BCUT2D eigenvalue weighted by molar-refractivity contribution is 8.00. The third-order valence-electron chi connectivity index (χ3n) is 7.36. The van der Waals surface area contributed by atoms with Crippen LogP contribution in [0.1, 0.15) is 39.0 Å². The first-order valence-electron chi connectivity index (χ1n) is 13.6. The summed E-state index contributed by atoms with van der Waals surface area (Å²) in [5.41, 5.74) is 3.75. The molecule has 10 heteroatoms. The summed E-state index contributed by atoms with van der Waals surface area (Å²) in [7, 11) is 1.74. The first-order chi connectivity index (χ1) is 18.7. The van der Waals surface area contributed by atoms with Crippen LogP contribution in [-0.4, -0.2) is 72.0 Å². The van der Waals surface area contributed by atoms with Gasteiger partial charge in [-0.2, -0.15) is 0 Å². The Hall–Kier alpha value is -2.82. The molecule has 204 valence electrons. The molecule has 2 N–H and O–H groups in total. The lowest BCUT2D eigenvalue weighted by Crippen LogP contribution is -2.52. The van der Waals surface area contributed by atoms with Crippen LogP contribution in [0.3, 0.4) is 0 Å². The minimum absolute atomic E-state index is 0.128. The Kier molecular flexibility index (Phi) is 9.03. The van der Waals surface area contributed by atoms with E-state index in [0.29, 0.717) is 17.5 Å². The van der Waals surface area contributed by atoms with Crippen molar-refractivity contribution in [1.29, 1.82) is 0 Å². The number of nitrogens with one attached hydrogen (secondary N) is 1. The van der Waals surface area contributed by atoms with E-state index in [4.69, 9.17) is 14.3 Å². The molecule has 2 aliphatic rings. The summed E-state index contributed by atoms with van der Waals surface area (Å²) < 4.78 is 15.0. The molecule has 1 aromatic carbocycles. The van der Waals surface area contributed by atoms with Gasteiger partial charge in [-0.25, -0.2) is 4.98 Å². The van der Waals surface area contributed by atoms with Gasteiger partial charge in [-0.05, 0) is 55.5 Å². The number of hydrogen-bond donors (Lipinski definition) is 2. The number of rotatable bonds is 12. The normalized spacial score (nSPS) is 18.0. The largest absolute Gasteiger partial charge is 0.416 e. The smallest absolute Gasteiger partial charge is 0.250 e. The van der Waals surface area contributed by atoms with Crippen LogP contribution in [0.25, 0.3) is 22.9 Å². The van der Waals surface area contributed by atoms with Gasteiger partial charge >= 0.3 is 0 Å². The first-order valence-corrected chi connectivity index (χ1v) is 14.6. The number of piperidine rings is 1. The zero-order valence-corrected chi connectivity index (χ0v) is 23.1. The molecule has 5 rings (SSSR count). The Bertz CT molecular complexity index is 1180. The van der Waals surface area contributed by atoms with Crippen molar-refractivity contribution in [3.05, 3.63) is 36.5 Å². The van der Waals surface area contributed by atoms with Gasteiger partial charge in [0.15, 0.2) is 0 Å². The minimum atomic E-state index is 0.128. The molecule has 2 saturated heterocycles. The van der Waals surface area contributed by atoms with E-state index in [0.717, 1.165) is 60.4 Å². The molecule has 0 amide bonds. The van der Waals surface area contributed by atoms with E-state index in [1.807, 2.05) is 24.4 Å². The number of pyridine rings is 1. The Labute approximate surface area is 229 Å². The maximum Gasteiger partial charge on any atom is 0.250 e. The number of benzene rings is 1. The molecule has 4 heterocycles. The van der Waals surface area contributed by atoms with Gasteiger partial charge in [-0.3, -0.25) is 0 Å². The van der Waals surface area contributed by atoms with E-state index >= 15 is 0 Å². The summed E-state index contributed by atoms with van der Waals surface area (Å²) in [5.74, 6) is 3.31. The average molecular weight is 539 g/mol. The Morgan fingerprint density at radius 2 is 2.00 bits per heavy atom. The van der Waals surface area contributed by atoms with Crippen LogP contribution in [0, 0.1) is 5.92 Å². The lowest BCUT2D eigenvalue weighted by atomic mass is 9.93. The summed E-state index contributed by atoms with van der Waals surface area (Å²) in [6.07, 6.45) is 8.40. The van der Waals surface area contributed by atoms with Gasteiger partial charge in [0.25, 0.3) is 0 Å². The third kappa shape index (κ3) is 6.24. The highest BCUT2D eigenvalue weighted by atomic mass is 32.2. The lowest BCUT2D eigenvalue weighted by Gasteiger charge is -2.40. The highest BCUT2D eigenvalue weighted by Gasteiger charge is 2.30. The van der Waals surface area contributed by atoms with E-state index in [1.165, 1.54) is 44.1 Å². The molecule has 0 aliphatic carbocycles. The Balaban J connectivity index is 1.36. The molecule has 0 saturated carbocycles. The van der Waals surface area contributed by atoms with Crippen molar-refractivity contribution >= 4 is 29.1 Å². The quantitative estimate of drug-likeness (QED) is 0.239. The highest BCUT2D eigenvalue weighted by Crippen LogP contribution is 2.37. The van der Waals surface area contributed by atoms with Gasteiger partial charge in [0.1, 0.15) is 5.82 Å². The number of ether oxygens (including phenoxy) is 1. The topological polar surface area (TPSA) is 99.8 Å². The van der Waals surface area contributed by atoms with Crippen LogP contribution in [0.5, 0.6) is 0 Å². The van der Waals surface area contributed by atoms with Gasteiger partial charge < -0.3 is 28.8 Å². The standard InChI is InChI=1S/C28H38N6O3S/c1-3-4-6-20-7-5-12-33(17-20)26-15-21(10-11-29-26)27-30-31-28(37-27)24-9-8-22(32-38-14-13-35)16-25(24)34-18-23(19-34)36-2/h8-11,15-16,20,23,32,35H,3-7,12-14,17-19H2,1-2H3. The second kappa shape index (κ2) is 12.8. The fourth-order valence-electron chi connectivity index (χ4n) is 5.18. The molecule has 2 aromatic heterocycles. The zero-order valence-electron chi connectivity index (χ0n) is 22.3. The molecule has 0 radical (unpaired) electrons. The SMILES string of the molecule is CCCCC1CCCN(c2cc(-c3nnc(-c4ccc(NSCCO)cc4N4CC(OC)C4)o3)ccn2)C1. The molecule has 1 atom stereocenters. The van der Waals surface area contributed by atoms with Crippen LogP contribution in [0.2, 0.25) is 0 Å². The monoisotopic (exact) mass is 538 g/mol. The summed E-state index contributed by atoms with van der Waals surface area (Å²) in [6.45, 7) is 6.09. The van der Waals surface area contributed by atoms with Crippen molar-refractivity contribution in [1.82, 2.24) is 15.2 Å². The number of hydrogen-bond acceptors (Lipinski definition) is 10. The molecule has 38 heavy (non-hydrogen) atoms. The van der Waals surface area contributed by atoms with Gasteiger partial charge in [0.05, 0.1) is 24.0 Å². The first kappa shape index (κ1) is 26.8. The number of unbranched alkanes of at least 4 members (excludes halogenated alkanes) is 1. The maximum atomic E-state index is 9.10. The van der Waals surface area contributed by atoms with Gasteiger partial charge in [-0.15, -0.1) is 10.2 Å². The number of methoxy groups -OCH3 is 1. The van der Waals surface area contributed by atoms with Crippen molar-refractivity contribution in [2.24, 2.45) is 5.92 Å². The Morgan fingerprint density at radius 1 is 1.13 bits per heavy atom. The van der Waals surface area contributed by atoms with Crippen LogP contribution in [0.4, 0.5) is 17.2 Å². The van der Waals surface area contributed by atoms with Crippen LogP contribution in [0.15, 0.2) is 40.9 Å². The fraction of sp³-hybridized carbons (Fsp3) is 0.536. The second-order valence-electron chi connectivity index (χ2n) is 10.1. The van der Waals surface area contributed by atoms with Crippen molar-refractivity contribution in [3.8, 4) is 22.9 Å². The van der Waals surface area contributed by atoms with Crippen LogP contribution < -0.4 is 14.5 Å². The minimum Gasteiger partial charge on any atom is -0.416 e. The van der Waals surface area contributed by atoms with E-state index < -0.39 is 0 Å². The summed E-state index contributed by atoms with van der Waals surface area (Å²) in [5, 5.41) is 17.9. The molecular weight excluding hydrogens is 500 g/mol. The van der Waals surface area contributed by atoms with E-state index in [1.54, 1.807) is 7.11 Å². The fourth-order valence-corrected chi connectivity index (χ4v) is 5.66. The van der Waals surface area contributed by atoms with E-state index in [2.05, 4.69) is 48.8 Å². The zero-order chi connectivity index (χ0) is 26.3. The van der Waals surface area contributed by atoms with Crippen LogP contribution >= 0.6 is 11.9 Å². The summed E-state index contributed by atoms with van der Waals surface area (Å²) >= 11 is 1.47. The molecule has 3 aromatic rings. The van der Waals surface area contributed by atoms with Crippen molar-refractivity contribution < 1.29 is 14.3 Å². The number of aliphatic hydroxyl groups is 1. The Morgan fingerprint density at radius 3 is 2.82 bits per heavy atom. The molecule has 0 bridgehead atoms. The molecular formula is C28H38N6O3S. The molecule has 2 aliphatic heterocycles. The number of anilines is 3. The van der Waals surface area contributed by atoms with E-state index in [-0.39, 0.29) is 12.7 Å². The van der Waals surface area contributed by atoms with Crippen LogP contribution in [-0.2, 0) is 4.74 Å². The van der Waals surface area contributed by atoms with E-state index in [9.17, 15) is 0 Å². The summed E-state index contributed by atoms with van der Waals surface area (Å²) in [4.78, 5) is 9.33.